The zero-order chi connectivity index (χ0) is 26.7. The minimum atomic E-state index is -1.34. The van der Waals surface area contributed by atoms with Crippen molar-refractivity contribution in [2.45, 2.75) is 32.5 Å². The molecule has 0 aliphatic rings. The Labute approximate surface area is 210 Å². The summed E-state index contributed by atoms with van der Waals surface area (Å²) in [7, 11) is 0. The molecule has 0 saturated heterocycles. The van der Waals surface area contributed by atoms with Crippen molar-refractivity contribution in [2.75, 3.05) is 10.6 Å². The Morgan fingerprint density at radius 2 is 1.86 bits per heavy atom. The highest BCUT2D eigenvalue weighted by Crippen LogP contribution is 2.30. The van der Waals surface area contributed by atoms with Gasteiger partial charge < -0.3 is 26.8 Å². The number of anilines is 3. The molecule has 4 rings (SSSR count). The predicted molar refractivity (Wildman–Crippen MR) is 135 cm³/mol. The van der Waals surface area contributed by atoms with Gasteiger partial charge in [-0.05, 0) is 44.2 Å². The third kappa shape index (κ3) is 5.42. The molecule has 10 nitrogen and oxygen atoms in total. The number of amides is 2. The zero-order valence-electron chi connectivity index (χ0n) is 20.0. The first-order valence-electron chi connectivity index (χ1n) is 11.4. The van der Waals surface area contributed by atoms with Gasteiger partial charge in [0.05, 0.1) is 29.4 Å². The zero-order valence-corrected chi connectivity index (χ0v) is 20.0. The lowest BCUT2D eigenvalue weighted by Crippen LogP contribution is -2.39. The fraction of sp³-hybridized carbons (Fsp3) is 0.200. The van der Waals surface area contributed by atoms with Crippen molar-refractivity contribution in [3.63, 3.8) is 0 Å². The highest BCUT2D eigenvalue weighted by molar-refractivity contribution is 5.99. The maximum absolute atomic E-state index is 15.1. The molecule has 0 radical (unpaired) electrons. The summed E-state index contributed by atoms with van der Waals surface area (Å²) >= 11 is 0. The fourth-order valence-corrected chi connectivity index (χ4v) is 4.05. The summed E-state index contributed by atoms with van der Waals surface area (Å²) in [6.07, 6.45) is 0.359. The molecule has 0 fully saturated rings. The van der Waals surface area contributed by atoms with E-state index in [9.17, 15) is 19.1 Å². The molecular formula is C25H25F2N7O3. The maximum atomic E-state index is 15.1. The number of nitrogens with one attached hydrogen (secondary N) is 3. The average molecular weight is 510 g/mol. The van der Waals surface area contributed by atoms with Gasteiger partial charge in [-0.25, -0.2) is 18.6 Å². The Kier molecular flexibility index (Phi) is 7.18. The summed E-state index contributed by atoms with van der Waals surface area (Å²) in [4.78, 5) is 27.5. The van der Waals surface area contributed by atoms with Gasteiger partial charge in [-0.2, -0.15) is 5.10 Å². The van der Waals surface area contributed by atoms with Crippen molar-refractivity contribution >= 4 is 40.2 Å². The third-order valence-electron chi connectivity index (χ3n) is 5.83. The van der Waals surface area contributed by atoms with E-state index in [0.717, 1.165) is 17.0 Å². The second-order valence-corrected chi connectivity index (χ2v) is 8.32. The van der Waals surface area contributed by atoms with Crippen LogP contribution in [0.25, 0.3) is 10.9 Å². The first-order chi connectivity index (χ1) is 17.7. The molecule has 0 spiro atoms. The van der Waals surface area contributed by atoms with Crippen molar-refractivity contribution in [1.82, 2.24) is 20.1 Å². The van der Waals surface area contributed by atoms with Crippen molar-refractivity contribution in [3.05, 3.63) is 77.5 Å². The number of primary amides is 1. The van der Waals surface area contributed by atoms with Crippen LogP contribution < -0.4 is 21.7 Å². The van der Waals surface area contributed by atoms with Gasteiger partial charge in [0.2, 0.25) is 0 Å². The lowest BCUT2D eigenvalue weighted by molar-refractivity contribution is 0.1000. The average Bonchev–Trinajstić information content (AvgIpc) is 3.26. The molecule has 0 aliphatic heterocycles. The van der Waals surface area contributed by atoms with E-state index < -0.39 is 35.7 Å². The number of benzene rings is 2. The largest absolute Gasteiger partial charge is 0.465 e. The smallest absolute Gasteiger partial charge is 0.404 e. The number of pyridine rings is 1. The minimum absolute atomic E-state index is 0.0373. The lowest BCUT2D eigenvalue weighted by Gasteiger charge is -2.27. The number of hydrogen-bond donors (Lipinski definition) is 5. The molecule has 0 aliphatic carbocycles. The first-order valence-corrected chi connectivity index (χ1v) is 11.4. The number of aryl methyl sites for hydroxylation is 1. The van der Waals surface area contributed by atoms with E-state index in [1.54, 1.807) is 24.4 Å². The summed E-state index contributed by atoms with van der Waals surface area (Å²) < 4.78 is 31.5. The second kappa shape index (κ2) is 10.5. The summed E-state index contributed by atoms with van der Waals surface area (Å²) in [6, 6.07) is 10.1. The number of carboxylic acid groups (broad SMARTS) is 1. The lowest BCUT2D eigenvalue weighted by atomic mass is 9.99. The standard InChI is InChI=1S/C25H25F2N7O3/c1-3-34-20-9-8-15(10-14(20)12-29-34)31-23-17(22(28)35)11-19(27)24(33-23)32-21(13(2)30-25(36)37)16-6-4-5-7-18(16)26/h4-13,21,30H,3H2,1-2H3,(H2,28,35)(H,36,37)(H2,31,32,33)/t13-,21+/m0/s1. The van der Waals surface area contributed by atoms with Crippen LogP contribution in [0.5, 0.6) is 0 Å². The molecular weight excluding hydrogens is 484 g/mol. The van der Waals surface area contributed by atoms with Gasteiger partial charge in [0.25, 0.3) is 5.91 Å². The van der Waals surface area contributed by atoms with Crippen molar-refractivity contribution in [2.24, 2.45) is 5.73 Å². The van der Waals surface area contributed by atoms with Crippen LogP contribution in [0.2, 0.25) is 0 Å². The fourth-order valence-electron chi connectivity index (χ4n) is 4.05. The van der Waals surface area contributed by atoms with E-state index in [2.05, 4.69) is 26.0 Å². The monoisotopic (exact) mass is 509 g/mol. The molecule has 0 unspecified atom stereocenters. The number of nitrogens with zero attached hydrogens (tertiary/aromatic N) is 3. The molecule has 2 heterocycles. The molecule has 2 atom stereocenters. The van der Waals surface area contributed by atoms with E-state index >= 15 is 4.39 Å². The van der Waals surface area contributed by atoms with Crippen LogP contribution >= 0.6 is 0 Å². The molecule has 4 aromatic rings. The third-order valence-corrected chi connectivity index (χ3v) is 5.83. The molecule has 37 heavy (non-hydrogen) atoms. The summed E-state index contributed by atoms with van der Waals surface area (Å²) in [5.74, 6) is -2.83. The van der Waals surface area contributed by atoms with Crippen LogP contribution in [0.3, 0.4) is 0 Å². The number of nitrogens with two attached hydrogens (primary N) is 1. The first kappa shape index (κ1) is 25.4. The van der Waals surface area contributed by atoms with E-state index in [-0.39, 0.29) is 22.8 Å². The number of rotatable bonds is 9. The summed E-state index contributed by atoms with van der Waals surface area (Å²) in [6.45, 7) is 4.16. The number of carbonyl (C=O) groups excluding carboxylic acids is 1. The molecule has 6 N–H and O–H groups in total. The molecule has 2 aromatic heterocycles. The van der Waals surface area contributed by atoms with Crippen molar-refractivity contribution in [1.29, 1.82) is 0 Å². The van der Waals surface area contributed by atoms with Gasteiger partial charge in [0, 0.05) is 23.2 Å². The number of hydrogen-bond acceptors (Lipinski definition) is 6. The Hall–Kier alpha value is -4.74. The Morgan fingerprint density at radius 3 is 2.54 bits per heavy atom. The van der Waals surface area contributed by atoms with Gasteiger partial charge in [0.15, 0.2) is 11.6 Å². The summed E-state index contributed by atoms with van der Waals surface area (Å²) in [5.41, 5.74) is 6.81. The summed E-state index contributed by atoms with van der Waals surface area (Å²) in [5, 5.41) is 22.3. The van der Waals surface area contributed by atoms with Crippen LogP contribution in [-0.2, 0) is 6.54 Å². The molecule has 0 bridgehead atoms. The predicted octanol–water partition coefficient (Wildman–Crippen LogP) is 4.38. The molecule has 12 heteroatoms. The molecule has 2 amide bonds. The van der Waals surface area contributed by atoms with Crippen LogP contribution in [0, 0.1) is 11.6 Å². The number of fused-ring (bicyclic) bond motifs is 1. The van der Waals surface area contributed by atoms with Crippen molar-refractivity contribution in [3.8, 4) is 0 Å². The second-order valence-electron chi connectivity index (χ2n) is 8.32. The van der Waals surface area contributed by atoms with E-state index in [4.69, 9.17) is 5.73 Å². The van der Waals surface area contributed by atoms with Crippen LogP contribution in [0.4, 0.5) is 30.9 Å². The van der Waals surface area contributed by atoms with Crippen LogP contribution in [0.15, 0.2) is 54.7 Å². The highest BCUT2D eigenvalue weighted by atomic mass is 19.1. The van der Waals surface area contributed by atoms with Gasteiger partial charge in [-0.1, -0.05) is 18.2 Å². The molecule has 2 aromatic carbocycles. The normalized spacial score (nSPS) is 12.6. The van der Waals surface area contributed by atoms with Gasteiger partial charge in [0.1, 0.15) is 11.6 Å². The van der Waals surface area contributed by atoms with Crippen LogP contribution in [-0.4, -0.2) is 37.9 Å². The van der Waals surface area contributed by atoms with Gasteiger partial charge in [-0.3, -0.25) is 9.48 Å². The maximum Gasteiger partial charge on any atom is 0.404 e. The van der Waals surface area contributed by atoms with Crippen LogP contribution in [0.1, 0.15) is 35.8 Å². The minimum Gasteiger partial charge on any atom is -0.465 e. The molecule has 192 valence electrons. The van der Waals surface area contributed by atoms with Gasteiger partial charge in [-0.15, -0.1) is 0 Å². The Bertz CT molecular complexity index is 1470. The SMILES string of the molecule is CCn1ncc2cc(Nc3nc(N[C@@H](c4ccccc4F)[C@H](C)NC(=O)O)c(F)cc3C(N)=O)ccc21. The molecule has 0 saturated carbocycles. The topological polar surface area (TPSA) is 147 Å². The number of aromatic nitrogens is 3. The Balaban J connectivity index is 1.73. The van der Waals surface area contributed by atoms with E-state index in [1.165, 1.54) is 25.1 Å². The van der Waals surface area contributed by atoms with E-state index in [0.29, 0.717) is 12.2 Å². The number of carbonyl (C=O) groups is 2. The Morgan fingerprint density at radius 1 is 1.11 bits per heavy atom. The van der Waals surface area contributed by atoms with E-state index in [1.807, 2.05) is 17.7 Å². The van der Waals surface area contributed by atoms with Gasteiger partial charge >= 0.3 is 6.09 Å². The highest BCUT2D eigenvalue weighted by Gasteiger charge is 2.26. The van der Waals surface area contributed by atoms with Crippen molar-refractivity contribution < 1.29 is 23.5 Å². The quantitative estimate of drug-likeness (QED) is 0.225. The number of halogens is 2.